The summed E-state index contributed by atoms with van der Waals surface area (Å²) in [6.07, 6.45) is 0. The van der Waals surface area contributed by atoms with Gasteiger partial charge in [0.1, 0.15) is 5.69 Å². The summed E-state index contributed by atoms with van der Waals surface area (Å²) >= 11 is 1.93. The Morgan fingerprint density at radius 3 is 2.82 bits per heavy atom. The van der Waals surface area contributed by atoms with Gasteiger partial charge in [-0.3, -0.25) is 10.1 Å². The number of para-hydroxylation sites is 2. The average Bonchev–Trinajstić information content (AvgIpc) is 2.33. The van der Waals surface area contributed by atoms with E-state index in [1.165, 1.54) is 0 Å². The summed E-state index contributed by atoms with van der Waals surface area (Å²) in [5.74, 6) is 1.03. The molecule has 0 spiro atoms. The second kappa shape index (κ2) is 4.96. The molecule has 92 valence electrons. The van der Waals surface area contributed by atoms with Gasteiger partial charge in [0.05, 0.1) is 4.92 Å². The van der Waals surface area contributed by atoms with Crippen LogP contribution in [0.1, 0.15) is 13.8 Å². The third kappa shape index (κ3) is 2.39. The van der Waals surface area contributed by atoms with Crippen LogP contribution in [-0.2, 0) is 0 Å². The first kappa shape index (κ1) is 12.2. The monoisotopic (exact) mass is 252 g/mol. The van der Waals surface area contributed by atoms with Crippen LogP contribution in [0, 0.1) is 10.1 Å². The molecule has 0 saturated carbocycles. The van der Waals surface area contributed by atoms with Crippen LogP contribution in [0.2, 0.25) is 0 Å². The summed E-state index contributed by atoms with van der Waals surface area (Å²) in [4.78, 5) is 12.9. The van der Waals surface area contributed by atoms with Crippen molar-refractivity contribution < 1.29 is 4.92 Å². The lowest BCUT2D eigenvalue weighted by molar-refractivity contribution is -0.384. The number of nitro groups is 1. The molecule has 1 fully saturated rings. The molecule has 2 unspecified atom stereocenters. The van der Waals surface area contributed by atoms with Crippen molar-refractivity contribution in [3.05, 3.63) is 34.4 Å². The number of nitro benzene ring substituents is 1. The molecule has 4 nitrogen and oxygen atoms in total. The van der Waals surface area contributed by atoms with Crippen molar-refractivity contribution in [3.63, 3.8) is 0 Å². The van der Waals surface area contributed by atoms with E-state index in [1.54, 1.807) is 12.1 Å². The number of nitrogens with zero attached hydrogens (tertiary/aromatic N) is 2. The maximum absolute atomic E-state index is 11.0. The number of thioether (sulfide) groups is 1. The van der Waals surface area contributed by atoms with Gasteiger partial charge in [0, 0.05) is 29.7 Å². The predicted octanol–water partition coefficient (Wildman–Crippen LogP) is 2.93. The largest absolute Gasteiger partial charge is 0.361 e. The molecule has 0 aromatic heterocycles. The maximum Gasteiger partial charge on any atom is 0.292 e. The van der Waals surface area contributed by atoms with Crippen molar-refractivity contribution in [2.24, 2.45) is 0 Å². The van der Waals surface area contributed by atoms with Crippen LogP contribution in [-0.4, -0.2) is 28.5 Å². The Hall–Kier alpha value is -1.23. The quantitative estimate of drug-likeness (QED) is 0.599. The Morgan fingerprint density at radius 2 is 2.12 bits per heavy atom. The van der Waals surface area contributed by atoms with Crippen molar-refractivity contribution in [2.45, 2.75) is 25.1 Å². The van der Waals surface area contributed by atoms with Crippen LogP contribution in [0.4, 0.5) is 11.4 Å². The maximum atomic E-state index is 11.0. The molecule has 5 heteroatoms. The molecule has 17 heavy (non-hydrogen) atoms. The van der Waals surface area contributed by atoms with Gasteiger partial charge in [-0.05, 0) is 13.0 Å². The summed E-state index contributed by atoms with van der Waals surface area (Å²) in [6, 6.07) is 7.33. The normalized spacial score (nSPS) is 24.7. The number of rotatable bonds is 2. The first-order chi connectivity index (χ1) is 8.11. The fraction of sp³-hybridized carbons (Fsp3) is 0.500. The van der Waals surface area contributed by atoms with E-state index in [0.29, 0.717) is 11.3 Å². The van der Waals surface area contributed by atoms with Crippen LogP contribution >= 0.6 is 11.8 Å². The third-order valence-electron chi connectivity index (χ3n) is 3.27. The summed E-state index contributed by atoms with van der Waals surface area (Å²) in [6.45, 7) is 5.19. The highest BCUT2D eigenvalue weighted by Gasteiger charge is 2.29. The van der Waals surface area contributed by atoms with Crippen LogP contribution in [0.25, 0.3) is 0 Å². The van der Waals surface area contributed by atoms with Gasteiger partial charge < -0.3 is 4.90 Å². The zero-order valence-electron chi connectivity index (χ0n) is 10.00. The van der Waals surface area contributed by atoms with Gasteiger partial charge in [0.2, 0.25) is 0 Å². The molecule has 0 bridgehead atoms. The molecule has 2 rings (SSSR count). The zero-order chi connectivity index (χ0) is 12.4. The molecular weight excluding hydrogens is 236 g/mol. The van der Waals surface area contributed by atoms with Crippen molar-refractivity contribution in [2.75, 3.05) is 17.2 Å². The highest BCUT2D eigenvalue weighted by Crippen LogP contribution is 2.34. The van der Waals surface area contributed by atoms with Gasteiger partial charge in [-0.25, -0.2) is 0 Å². The highest BCUT2D eigenvalue weighted by atomic mass is 32.2. The van der Waals surface area contributed by atoms with E-state index in [4.69, 9.17) is 0 Å². The Balaban J connectivity index is 2.36. The number of hydrogen-bond donors (Lipinski definition) is 0. The van der Waals surface area contributed by atoms with Gasteiger partial charge in [0.15, 0.2) is 0 Å². The van der Waals surface area contributed by atoms with E-state index in [1.807, 2.05) is 23.9 Å². The molecule has 0 radical (unpaired) electrons. The molecule has 1 heterocycles. The standard InChI is InChI=1S/C12H16N2O2S/c1-9-10(2)17-8-7-13(9)11-5-3-4-6-12(11)14(15)16/h3-6,9-10H,7-8H2,1-2H3. The van der Waals surface area contributed by atoms with Crippen LogP contribution < -0.4 is 4.90 Å². The van der Waals surface area contributed by atoms with E-state index in [2.05, 4.69) is 18.7 Å². The fourth-order valence-corrected chi connectivity index (χ4v) is 3.23. The first-order valence-electron chi connectivity index (χ1n) is 5.73. The Bertz CT molecular complexity index is 425. The summed E-state index contributed by atoms with van der Waals surface area (Å²) in [5.41, 5.74) is 0.954. The molecule has 1 aliphatic heterocycles. The lowest BCUT2D eigenvalue weighted by atomic mass is 10.1. The molecule has 0 aliphatic carbocycles. The van der Waals surface area contributed by atoms with Crippen molar-refractivity contribution in [1.29, 1.82) is 0 Å². The van der Waals surface area contributed by atoms with Crippen LogP contribution in [0.5, 0.6) is 0 Å². The Kier molecular flexibility index (Phi) is 3.57. The molecule has 1 saturated heterocycles. The first-order valence-corrected chi connectivity index (χ1v) is 6.78. The minimum absolute atomic E-state index is 0.207. The second-order valence-corrected chi connectivity index (χ2v) is 5.74. The van der Waals surface area contributed by atoms with E-state index < -0.39 is 0 Å². The molecule has 0 amide bonds. The van der Waals surface area contributed by atoms with E-state index in [0.717, 1.165) is 18.0 Å². The number of anilines is 1. The van der Waals surface area contributed by atoms with Crippen LogP contribution in [0.3, 0.4) is 0 Å². The SMILES string of the molecule is CC1SCCN(c2ccccc2[N+](=O)[O-])C1C. The third-order valence-corrected chi connectivity index (χ3v) is 4.61. The summed E-state index contributed by atoms with van der Waals surface area (Å²) in [7, 11) is 0. The minimum atomic E-state index is -0.297. The summed E-state index contributed by atoms with van der Waals surface area (Å²) < 4.78 is 0. The van der Waals surface area contributed by atoms with Gasteiger partial charge in [0.25, 0.3) is 5.69 Å². The number of hydrogen-bond acceptors (Lipinski definition) is 4. The smallest absolute Gasteiger partial charge is 0.292 e. The van der Waals surface area contributed by atoms with Crippen molar-refractivity contribution >= 4 is 23.1 Å². The predicted molar refractivity (Wildman–Crippen MR) is 71.8 cm³/mol. The Morgan fingerprint density at radius 1 is 1.41 bits per heavy atom. The minimum Gasteiger partial charge on any atom is -0.361 e. The zero-order valence-corrected chi connectivity index (χ0v) is 10.8. The molecule has 0 N–H and O–H groups in total. The lowest BCUT2D eigenvalue weighted by Crippen LogP contribution is -2.44. The van der Waals surface area contributed by atoms with E-state index in [9.17, 15) is 10.1 Å². The lowest BCUT2D eigenvalue weighted by Gasteiger charge is -2.38. The van der Waals surface area contributed by atoms with E-state index >= 15 is 0 Å². The second-order valence-electron chi connectivity index (χ2n) is 4.26. The van der Waals surface area contributed by atoms with Gasteiger partial charge >= 0.3 is 0 Å². The fourth-order valence-electron chi connectivity index (χ4n) is 2.13. The molecule has 1 aromatic rings. The van der Waals surface area contributed by atoms with Crippen molar-refractivity contribution in [1.82, 2.24) is 0 Å². The molecule has 1 aliphatic rings. The molecule has 1 aromatic carbocycles. The highest BCUT2D eigenvalue weighted by molar-refractivity contribution is 8.00. The van der Waals surface area contributed by atoms with Gasteiger partial charge in [-0.15, -0.1) is 0 Å². The van der Waals surface area contributed by atoms with E-state index in [-0.39, 0.29) is 10.6 Å². The van der Waals surface area contributed by atoms with Crippen molar-refractivity contribution in [3.8, 4) is 0 Å². The summed E-state index contributed by atoms with van der Waals surface area (Å²) in [5, 5.41) is 11.5. The molecular formula is C12H16N2O2S. The number of benzene rings is 1. The topological polar surface area (TPSA) is 46.4 Å². The average molecular weight is 252 g/mol. The van der Waals surface area contributed by atoms with Gasteiger partial charge in [-0.2, -0.15) is 11.8 Å². The molecule has 2 atom stereocenters. The Labute approximate surface area is 105 Å². The van der Waals surface area contributed by atoms with Crippen LogP contribution in [0.15, 0.2) is 24.3 Å². The van der Waals surface area contributed by atoms with Gasteiger partial charge in [-0.1, -0.05) is 19.1 Å².